The minimum absolute atomic E-state index is 0.192. The van der Waals surface area contributed by atoms with Crippen LogP contribution in [-0.4, -0.2) is 22.2 Å². The SMILES string of the molecule is O=C(O)c1cn(CCOc2ccccc2F)c2ccccc12. The van der Waals surface area contributed by atoms with E-state index < -0.39 is 11.8 Å². The standard InChI is InChI=1S/C17H14FNO3/c18-14-6-2-4-8-16(14)22-10-9-19-11-13(17(20)21)12-5-1-3-7-15(12)19/h1-8,11H,9-10H2,(H,20,21). The molecule has 5 heteroatoms. The molecule has 0 aliphatic carbocycles. The van der Waals surface area contributed by atoms with Crippen LogP contribution in [0.15, 0.2) is 54.7 Å². The van der Waals surface area contributed by atoms with Gasteiger partial charge in [0, 0.05) is 17.1 Å². The Labute approximate surface area is 126 Å². The molecule has 1 N–H and O–H groups in total. The third-order valence-electron chi connectivity index (χ3n) is 3.45. The molecule has 1 aromatic heterocycles. The summed E-state index contributed by atoms with van der Waals surface area (Å²) in [5.74, 6) is -1.19. The predicted octanol–water partition coefficient (Wildman–Crippen LogP) is 3.56. The molecule has 0 saturated carbocycles. The maximum Gasteiger partial charge on any atom is 0.337 e. The molecule has 112 valence electrons. The molecule has 22 heavy (non-hydrogen) atoms. The van der Waals surface area contributed by atoms with Gasteiger partial charge in [-0.1, -0.05) is 30.3 Å². The first-order valence-corrected chi connectivity index (χ1v) is 6.85. The van der Waals surface area contributed by atoms with Crippen molar-refractivity contribution in [3.8, 4) is 5.75 Å². The van der Waals surface area contributed by atoms with Gasteiger partial charge in [-0.3, -0.25) is 0 Å². The number of carbonyl (C=O) groups is 1. The van der Waals surface area contributed by atoms with Crippen LogP contribution in [0.4, 0.5) is 4.39 Å². The second-order valence-electron chi connectivity index (χ2n) is 4.84. The fourth-order valence-electron chi connectivity index (χ4n) is 2.42. The van der Waals surface area contributed by atoms with E-state index in [2.05, 4.69) is 0 Å². The van der Waals surface area contributed by atoms with E-state index in [4.69, 9.17) is 4.74 Å². The number of aromatic nitrogens is 1. The van der Waals surface area contributed by atoms with Gasteiger partial charge in [-0.15, -0.1) is 0 Å². The van der Waals surface area contributed by atoms with Crippen molar-refractivity contribution in [3.05, 3.63) is 66.1 Å². The van der Waals surface area contributed by atoms with Gasteiger partial charge in [-0.25, -0.2) is 9.18 Å². The molecule has 0 saturated heterocycles. The quantitative estimate of drug-likeness (QED) is 0.783. The number of aromatic carboxylic acids is 1. The summed E-state index contributed by atoms with van der Waals surface area (Å²) in [4.78, 5) is 11.3. The Kier molecular flexibility index (Phi) is 3.78. The van der Waals surface area contributed by atoms with Crippen molar-refractivity contribution in [1.82, 2.24) is 4.57 Å². The summed E-state index contributed by atoms with van der Waals surface area (Å²) in [6.07, 6.45) is 1.58. The van der Waals surface area contributed by atoms with Gasteiger partial charge in [-0.05, 0) is 18.2 Å². The Morgan fingerprint density at radius 2 is 1.86 bits per heavy atom. The molecule has 3 rings (SSSR count). The molecule has 0 amide bonds. The summed E-state index contributed by atoms with van der Waals surface area (Å²) in [6, 6.07) is 13.5. The Hall–Kier alpha value is -2.82. The Balaban J connectivity index is 1.80. The second kappa shape index (κ2) is 5.89. The average molecular weight is 299 g/mol. The number of halogens is 1. The minimum atomic E-state index is -0.968. The van der Waals surface area contributed by atoms with E-state index in [1.165, 1.54) is 6.07 Å². The number of carboxylic acid groups (broad SMARTS) is 1. The van der Waals surface area contributed by atoms with E-state index in [9.17, 15) is 14.3 Å². The number of rotatable bonds is 5. The highest BCUT2D eigenvalue weighted by Gasteiger charge is 2.13. The molecule has 0 fully saturated rings. The Morgan fingerprint density at radius 3 is 2.64 bits per heavy atom. The average Bonchev–Trinajstić information content (AvgIpc) is 2.89. The van der Waals surface area contributed by atoms with Gasteiger partial charge in [0.25, 0.3) is 0 Å². The van der Waals surface area contributed by atoms with Crippen LogP contribution in [0.3, 0.4) is 0 Å². The molecule has 0 aliphatic rings. The van der Waals surface area contributed by atoms with Crippen LogP contribution < -0.4 is 4.74 Å². The highest BCUT2D eigenvalue weighted by molar-refractivity contribution is 6.03. The maximum absolute atomic E-state index is 13.5. The maximum atomic E-state index is 13.5. The molecule has 1 heterocycles. The summed E-state index contributed by atoms with van der Waals surface area (Å²) in [7, 11) is 0. The smallest absolute Gasteiger partial charge is 0.337 e. The van der Waals surface area contributed by atoms with E-state index >= 15 is 0 Å². The molecule has 0 bridgehead atoms. The summed E-state index contributed by atoms with van der Waals surface area (Å²) >= 11 is 0. The normalized spacial score (nSPS) is 10.8. The number of benzene rings is 2. The zero-order valence-corrected chi connectivity index (χ0v) is 11.7. The summed E-state index contributed by atoms with van der Waals surface area (Å²) in [5, 5.41) is 9.92. The molecule has 0 atom stereocenters. The number of nitrogens with zero attached hydrogens (tertiary/aromatic N) is 1. The van der Waals surface area contributed by atoms with Crippen molar-refractivity contribution in [2.45, 2.75) is 6.54 Å². The molecule has 0 aliphatic heterocycles. The van der Waals surface area contributed by atoms with Crippen molar-refractivity contribution in [2.75, 3.05) is 6.61 Å². The minimum Gasteiger partial charge on any atom is -0.489 e. The monoisotopic (exact) mass is 299 g/mol. The zero-order chi connectivity index (χ0) is 15.5. The van der Waals surface area contributed by atoms with Crippen LogP contribution in [0.5, 0.6) is 5.75 Å². The first-order chi connectivity index (χ1) is 10.7. The van der Waals surface area contributed by atoms with Crippen LogP contribution in [0.2, 0.25) is 0 Å². The Bertz CT molecular complexity index is 826. The summed E-state index contributed by atoms with van der Waals surface area (Å²) < 4.78 is 20.7. The van der Waals surface area contributed by atoms with Crippen molar-refractivity contribution < 1.29 is 19.0 Å². The van der Waals surface area contributed by atoms with Gasteiger partial charge in [0.05, 0.1) is 12.1 Å². The van der Waals surface area contributed by atoms with Crippen LogP contribution in [-0.2, 0) is 6.54 Å². The lowest BCUT2D eigenvalue weighted by atomic mass is 10.2. The lowest BCUT2D eigenvalue weighted by Crippen LogP contribution is -2.08. The number of hydrogen-bond acceptors (Lipinski definition) is 2. The molecule has 0 spiro atoms. The number of carboxylic acids is 1. The lowest BCUT2D eigenvalue weighted by molar-refractivity contribution is 0.0698. The lowest BCUT2D eigenvalue weighted by Gasteiger charge is -2.08. The van der Waals surface area contributed by atoms with Crippen LogP contribution in [0.1, 0.15) is 10.4 Å². The number of ether oxygens (including phenoxy) is 1. The van der Waals surface area contributed by atoms with E-state index in [1.54, 1.807) is 41.1 Å². The summed E-state index contributed by atoms with van der Waals surface area (Å²) in [6.45, 7) is 0.681. The molecule has 3 aromatic rings. The Morgan fingerprint density at radius 1 is 1.14 bits per heavy atom. The fourth-order valence-corrected chi connectivity index (χ4v) is 2.42. The van der Waals surface area contributed by atoms with Gasteiger partial charge in [-0.2, -0.15) is 0 Å². The van der Waals surface area contributed by atoms with Gasteiger partial charge in [0.1, 0.15) is 6.61 Å². The van der Waals surface area contributed by atoms with Crippen LogP contribution in [0.25, 0.3) is 10.9 Å². The van der Waals surface area contributed by atoms with Gasteiger partial charge >= 0.3 is 5.97 Å². The summed E-state index contributed by atoms with van der Waals surface area (Å²) in [5.41, 5.74) is 1.07. The van der Waals surface area contributed by atoms with Crippen molar-refractivity contribution in [1.29, 1.82) is 0 Å². The largest absolute Gasteiger partial charge is 0.489 e. The molecule has 0 radical (unpaired) electrons. The highest BCUT2D eigenvalue weighted by Crippen LogP contribution is 2.21. The van der Waals surface area contributed by atoms with Gasteiger partial charge in [0.2, 0.25) is 0 Å². The van der Waals surface area contributed by atoms with E-state index in [0.29, 0.717) is 11.9 Å². The van der Waals surface area contributed by atoms with Crippen molar-refractivity contribution >= 4 is 16.9 Å². The second-order valence-corrected chi connectivity index (χ2v) is 4.84. The fraction of sp³-hybridized carbons (Fsp3) is 0.118. The number of para-hydroxylation sites is 2. The topological polar surface area (TPSA) is 51.5 Å². The van der Waals surface area contributed by atoms with Crippen molar-refractivity contribution in [3.63, 3.8) is 0 Å². The van der Waals surface area contributed by atoms with Crippen molar-refractivity contribution in [2.24, 2.45) is 0 Å². The molecule has 4 nitrogen and oxygen atoms in total. The highest BCUT2D eigenvalue weighted by atomic mass is 19.1. The molecule has 2 aromatic carbocycles. The number of hydrogen-bond donors (Lipinski definition) is 1. The molecule has 0 unspecified atom stereocenters. The zero-order valence-electron chi connectivity index (χ0n) is 11.7. The van der Waals surface area contributed by atoms with Gasteiger partial charge in [0.15, 0.2) is 11.6 Å². The first-order valence-electron chi connectivity index (χ1n) is 6.85. The first kappa shape index (κ1) is 14.1. The molecular weight excluding hydrogens is 285 g/mol. The van der Waals surface area contributed by atoms with Crippen LogP contribution >= 0.6 is 0 Å². The third-order valence-corrected chi connectivity index (χ3v) is 3.45. The number of fused-ring (bicyclic) bond motifs is 1. The molecular formula is C17H14FNO3. The van der Waals surface area contributed by atoms with E-state index in [1.807, 2.05) is 12.1 Å². The predicted molar refractivity (Wildman–Crippen MR) is 80.8 cm³/mol. The van der Waals surface area contributed by atoms with Gasteiger partial charge < -0.3 is 14.4 Å². The van der Waals surface area contributed by atoms with E-state index in [-0.39, 0.29) is 17.9 Å². The van der Waals surface area contributed by atoms with E-state index in [0.717, 1.165) is 5.52 Å². The van der Waals surface area contributed by atoms with Crippen LogP contribution in [0, 0.1) is 5.82 Å². The third kappa shape index (κ3) is 2.65.